The molecule has 1 fully saturated rings. The summed E-state index contributed by atoms with van der Waals surface area (Å²) in [4.78, 5) is 30.9. The van der Waals surface area contributed by atoms with Gasteiger partial charge in [0.1, 0.15) is 5.70 Å². The van der Waals surface area contributed by atoms with Gasteiger partial charge in [-0.2, -0.15) is 0 Å². The minimum atomic E-state index is -0.307. The summed E-state index contributed by atoms with van der Waals surface area (Å²) in [7, 11) is 0. The van der Waals surface area contributed by atoms with Crippen molar-refractivity contribution in [3.05, 3.63) is 45.6 Å². The number of allylic oxidation sites excluding steroid dienone is 2. The van der Waals surface area contributed by atoms with Crippen LogP contribution in [0.25, 0.3) is 0 Å². The van der Waals surface area contributed by atoms with E-state index in [1.54, 1.807) is 24.3 Å². The Morgan fingerprint density at radius 1 is 1.14 bits per heavy atom. The van der Waals surface area contributed by atoms with Crippen molar-refractivity contribution in [1.29, 1.82) is 0 Å². The van der Waals surface area contributed by atoms with E-state index in [0.29, 0.717) is 37.4 Å². The number of hydrogen-bond acceptors (Lipinski definition) is 4. The van der Waals surface area contributed by atoms with Crippen LogP contribution in [0.4, 0.5) is 0 Å². The van der Waals surface area contributed by atoms with Crippen molar-refractivity contribution in [2.24, 2.45) is 10.7 Å². The molecule has 1 aliphatic heterocycles. The van der Waals surface area contributed by atoms with Gasteiger partial charge in [0.25, 0.3) is 0 Å². The van der Waals surface area contributed by atoms with Gasteiger partial charge in [0.15, 0.2) is 5.96 Å². The predicted octanol–water partition coefficient (Wildman–Crippen LogP) is 1.32. The highest BCUT2D eigenvalue weighted by Crippen LogP contribution is 2.30. The number of nitrogens with two attached hydrogens (primary N) is 1. The Balaban J connectivity index is 1.98. The number of rotatable bonds is 1. The summed E-state index contributed by atoms with van der Waals surface area (Å²) in [6.45, 7) is 2.34. The molecule has 0 unspecified atom stereocenters. The second kappa shape index (κ2) is 6.02. The Morgan fingerprint density at radius 3 is 2.36 bits per heavy atom. The molecule has 0 spiro atoms. The fourth-order valence-electron chi connectivity index (χ4n) is 2.41. The number of aliphatic imine (C=N–C) groups is 1. The zero-order chi connectivity index (χ0) is 15.7. The number of ether oxygens (including phenoxy) is 1. The molecular formula is C15H14BrN3O3. The highest BCUT2D eigenvalue weighted by Gasteiger charge is 2.31. The largest absolute Gasteiger partial charge is 0.378 e. The summed E-state index contributed by atoms with van der Waals surface area (Å²) in [5.74, 6) is -0.349. The van der Waals surface area contributed by atoms with E-state index in [2.05, 4.69) is 20.9 Å². The molecule has 2 aliphatic rings. The van der Waals surface area contributed by atoms with Crippen LogP contribution < -0.4 is 5.73 Å². The first-order valence-electron chi connectivity index (χ1n) is 6.84. The van der Waals surface area contributed by atoms with Gasteiger partial charge in [0, 0.05) is 24.2 Å². The van der Waals surface area contributed by atoms with Gasteiger partial charge in [-0.15, -0.1) is 0 Å². The van der Waals surface area contributed by atoms with Gasteiger partial charge in [-0.05, 0) is 15.9 Å². The van der Waals surface area contributed by atoms with Gasteiger partial charge in [0.2, 0.25) is 11.6 Å². The lowest BCUT2D eigenvalue weighted by molar-refractivity contribution is 0.0675. The van der Waals surface area contributed by atoms with Gasteiger partial charge in [0.05, 0.1) is 17.7 Å². The van der Waals surface area contributed by atoms with E-state index in [0.717, 1.165) is 0 Å². The number of benzene rings is 1. The molecule has 1 aliphatic carbocycles. The maximum Gasteiger partial charge on any atom is 0.213 e. The highest BCUT2D eigenvalue weighted by atomic mass is 79.9. The van der Waals surface area contributed by atoms with Crippen molar-refractivity contribution in [1.82, 2.24) is 4.90 Å². The molecule has 3 rings (SSSR count). The highest BCUT2D eigenvalue weighted by molar-refractivity contribution is 9.12. The number of hydrogen-bond donors (Lipinski definition) is 1. The Bertz CT molecular complexity index is 706. The van der Waals surface area contributed by atoms with Crippen LogP contribution in [0.1, 0.15) is 20.7 Å². The number of fused-ring (bicyclic) bond motifs is 1. The Morgan fingerprint density at radius 2 is 1.73 bits per heavy atom. The molecule has 0 amide bonds. The predicted molar refractivity (Wildman–Crippen MR) is 85.1 cm³/mol. The molecule has 2 N–H and O–H groups in total. The third-order valence-electron chi connectivity index (χ3n) is 3.60. The van der Waals surface area contributed by atoms with Crippen LogP contribution in [0.2, 0.25) is 0 Å². The maximum absolute atomic E-state index is 12.5. The number of carbonyl (C=O) groups is 2. The molecule has 1 aromatic carbocycles. The first kappa shape index (κ1) is 14.9. The minimum Gasteiger partial charge on any atom is -0.378 e. The van der Waals surface area contributed by atoms with Crippen molar-refractivity contribution in [2.75, 3.05) is 26.3 Å². The van der Waals surface area contributed by atoms with Crippen LogP contribution in [0.3, 0.4) is 0 Å². The number of Topliss-reactive ketones (excluding diaryl/α,β-unsaturated/α-hetero) is 2. The molecule has 0 atom stereocenters. The first-order chi connectivity index (χ1) is 10.6. The van der Waals surface area contributed by atoms with E-state index >= 15 is 0 Å². The van der Waals surface area contributed by atoms with E-state index in [1.807, 2.05) is 4.90 Å². The van der Waals surface area contributed by atoms with E-state index in [-0.39, 0.29) is 27.7 Å². The summed E-state index contributed by atoms with van der Waals surface area (Å²) in [6, 6.07) is 6.69. The lowest BCUT2D eigenvalue weighted by atomic mass is 9.93. The molecule has 114 valence electrons. The van der Waals surface area contributed by atoms with Gasteiger partial charge in [-0.1, -0.05) is 24.3 Å². The number of guanidine groups is 1. The standard InChI is InChI=1S/C15H14BrN3O3/c16-11-12(18-15(17)19-5-7-22-8-6-19)14(21)10-4-2-1-3-9(10)13(11)20/h1-4H,5-8H2,(H2,17,18). The third kappa shape index (κ3) is 2.57. The smallest absolute Gasteiger partial charge is 0.213 e. The van der Waals surface area contributed by atoms with Gasteiger partial charge in [-0.3, -0.25) is 9.59 Å². The number of ketones is 2. The molecule has 6 nitrogen and oxygen atoms in total. The molecule has 0 bridgehead atoms. The topological polar surface area (TPSA) is 85.0 Å². The number of nitrogens with zero attached hydrogens (tertiary/aromatic N) is 2. The first-order valence-corrected chi connectivity index (χ1v) is 7.64. The molecule has 1 saturated heterocycles. The minimum absolute atomic E-state index is 0.0488. The van der Waals surface area contributed by atoms with E-state index in [9.17, 15) is 9.59 Å². The average molecular weight is 364 g/mol. The normalized spacial score (nSPS) is 19.5. The van der Waals surface area contributed by atoms with Gasteiger partial charge < -0.3 is 15.4 Å². The van der Waals surface area contributed by atoms with Crippen LogP contribution in [-0.4, -0.2) is 48.7 Å². The molecule has 0 saturated carbocycles. The molecule has 1 heterocycles. The lowest BCUT2D eigenvalue weighted by Crippen LogP contribution is -2.45. The van der Waals surface area contributed by atoms with Gasteiger partial charge >= 0.3 is 0 Å². The van der Waals surface area contributed by atoms with Crippen LogP contribution in [0.5, 0.6) is 0 Å². The lowest BCUT2D eigenvalue weighted by Gasteiger charge is -2.28. The number of halogens is 1. The molecule has 22 heavy (non-hydrogen) atoms. The fourth-order valence-corrected chi connectivity index (χ4v) is 2.89. The third-order valence-corrected chi connectivity index (χ3v) is 4.34. The summed E-state index contributed by atoms with van der Waals surface area (Å²) in [5.41, 5.74) is 6.75. The second-order valence-corrected chi connectivity index (χ2v) is 5.73. The van der Waals surface area contributed by atoms with Crippen LogP contribution in [0, 0.1) is 0 Å². The van der Waals surface area contributed by atoms with Crippen molar-refractivity contribution in [3.8, 4) is 0 Å². The monoisotopic (exact) mass is 363 g/mol. The summed E-state index contributed by atoms with van der Waals surface area (Å²) >= 11 is 3.19. The van der Waals surface area contributed by atoms with E-state index in [1.165, 1.54) is 0 Å². The summed E-state index contributed by atoms with van der Waals surface area (Å²) in [6.07, 6.45) is 0. The molecule has 0 radical (unpaired) electrons. The second-order valence-electron chi connectivity index (χ2n) is 4.94. The van der Waals surface area contributed by atoms with Crippen LogP contribution in [-0.2, 0) is 4.74 Å². The van der Waals surface area contributed by atoms with Crippen LogP contribution in [0.15, 0.2) is 39.4 Å². The number of morpholine rings is 1. The quantitative estimate of drug-likeness (QED) is 0.600. The van der Waals surface area contributed by atoms with Crippen molar-refractivity contribution >= 4 is 33.5 Å². The zero-order valence-corrected chi connectivity index (χ0v) is 13.3. The maximum atomic E-state index is 12.5. The summed E-state index contributed by atoms with van der Waals surface area (Å²) < 4.78 is 5.40. The molecule has 1 aromatic rings. The van der Waals surface area contributed by atoms with Gasteiger partial charge in [-0.25, -0.2) is 4.99 Å². The van der Waals surface area contributed by atoms with Crippen LogP contribution >= 0.6 is 15.9 Å². The molecule has 7 heteroatoms. The Hall–Kier alpha value is -1.99. The Kier molecular flexibility index (Phi) is 4.08. The fraction of sp³-hybridized carbons (Fsp3) is 0.267. The average Bonchev–Trinajstić information content (AvgIpc) is 2.57. The SMILES string of the molecule is NC(=NC1=C(Br)C(=O)c2ccccc2C1=O)N1CCOCC1. The Labute approximate surface area is 135 Å². The number of carbonyl (C=O) groups excluding carboxylic acids is 2. The van der Waals surface area contributed by atoms with Crippen molar-refractivity contribution in [2.45, 2.75) is 0 Å². The summed E-state index contributed by atoms with van der Waals surface area (Å²) in [5, 5.41) is 0. The molecule has 0 aromatic heterocycles. The van der Waals surface area contributed by atoms with Crippen molar-refractivity contribution in [3.63, 3.8) is 0 Å². The zero-order valence-electron chi connectivity index (χ0n) is 11.7. The van der Waals surface area contributed by atoms with Crippen molar-refractivity contribution < 1.29 is 14.3 Å². The van der Waals surface area contributed by atoms with E-state index < -0.39 is 0 Å². The molecular weight excluding hydrogens is 350 g/mol. The van der Waals surface area contributed by atoms with E-state index in [4.69, 9.17) is 10.5 Å².